The second kappa shape index (κ2) is 3.36. The van der Waals surface area contributed by atoms with Crippen molar-refractivity contribution in [3.05, 3.63) is 17.2 Å². The molecule has 0 saturated heterocycles. The fourth-order valence-electron chi connectivity index (χ4n) is 1.85. The van der Waals surface area contributed by atoms with Crippen LogP contribution in [0.2, 0.25) is 0 Å². The topological polar surface area (TPSA) is 53.7 Å². The Balaban J connectivity index is 2.36. The van der Waals surface area contributed by atoms with Gasteiger partial charge in [-0.15, -0.1) is 0 Å². The molecule has 15 heavy (non-hydrogen) atoms. The zero-order chi connectivity index (χ0) is 11.1. The molecule has 0 fully saturated rings. The molecule has 1 aromatic heterocycles. The van der Waals surface area contributed by atoms with Crippen LogP contribution in [0.3, 0.4) is 0 Å². The second-order valence-corrected chi connectivity index (χ2v) is 5.27. The Morgan fingerprint density at radius 3 is 2.93 bits per heavy atom. The number of aromatic nitrogens is 2. The first-order chi connectivity index (χ1) is 6.96. The predicted octanol–water partition coefficient (Wildman–Crippen LogP) is 1.38. The summed E-state index contributed by atoms with van der Waals surface area (Å²) in [6.07, 6.45) is 0.911. The van der Waals surface area contributed by atoms with Gasteiger partial charge < -0.3 is 5.32 Å². The molecule has 0 aliphatic carbocycles. The van der Waals surface area contributed by atoms with Gasteiger partial charge >= 0.3 is 0 Å². The molecule has 0 amide bonds. The van der Waals surface area contributed by atoms with E-state index in [1.54, 1.807) is 0 Å². The van der Waals surface area contributed by atoms with E-state index in [4.69, 9.17) is 5.41 Å². The molecule has 0 radical (unpaired) electrons. The average Bonchev–Trinajstić information content (AvgIpc) is 2.48. The summed E-state index contributed by atoms with van der Waals surface area (Å²) in [6.45, 7) is 8.30. The molecule has 0 bridgehead atoms. The smallest absolute Gasteiger partial charge is 0.204 e. The number of nitrogens with zero attached hydrogens (tertiary/aromatic N) is 2. The van der Waals surface area contributed by atoms with Gasteiger partial charge in [0.15, 0.2) is 0 Å². The van der Waals surface area contributed by atoms with Crippen LogP contribution in [0.5, 0.6) is 0 Å². The Morgan fingerprint density at radius 2 is 2.27 bits per heavy atom. The molecule has 1 aromatic rings. The lowest BCUT2D eigenvalue weighted by atomic mass is 9.90. The summed E-state index contributed by atoms with van der Waals surface area (Å²) in [4.78, 5) is 4.53. The van der Waals surface area contributed by atoms with Crippen molar-refractivity contribution in [1.29, 1.82) is 5.41 Å². The molecule has 4 heteroatoms. The lowest BCUT2D eigenvalue weighted by Crippen LogP contribution is -2.21. The molecule has 0 spiro atoms. The number of anilines is 1. The highest BCUT2D eigenvalue weighted by Crippen LogP contribution is 2.19. The Bertz CT molecular complexity index is 425. The lowest BCUT2D eigenvalue weighted by molar-refractivity contribution is 0.405. The number of hydrogen-bond donors (Lipinski definition) is 2. The van der Waals surface area contributed by atoms with Gasteiger partial charge in [0.2, 0.25) is 5.95 Å². The molecule has 2 rings (SSSR count). The molecule has 1 aliphatic heterocycles. The standard InChI is InChI=1S/C11H18N4/c1-11(2,3)7-8-6-9(12)15-5-4-13-10(15)14-8/h6,12H,4-5,7H2,1-3H3,(H,13,14). The van der Waals surface area contributed by atoms with E-state index in [2.05, 4.69) is 31.1 Å². The summed E-state index contributed by atoms with van der Waals surface area (Å²) < 4.78 is 1.91. The quantitative estimate of drug-likeness (QED) is 0.729. The molecule has 1 aliphatic rings. The van der Waals surface area contributed by atoms with Gasteiger partial charge in [-0.2, -0.15) is 0 Å². The summed E-state index contributed by atoms with van der Waals surface area (Å²) in [5, 5.41) is 11.1. The molecule has 0 unspecified atom stereocenters. The van der Waals surface area contributed by atoms with Gasteiger partial charge in [-0.05, 0) is 11.8 Å². The summed E-state index contributed by atoms with van der Waals surface area (Å²) in [7, 11) is 0. The van der Waals surface area contributed by atoms with Crippen LogP contribution in [-0.4, -0.2) is 16.1 Å². The van der Waals surface area contributed by atoms with Gasteiger partial charge in [0.05, 0.1) is 0 Å². The van der Waals surface area contributed by atoms with Crippen LogP contribution in [0.4, 0.5) is 5.95 Å². The largest absolute Gasteiger partial charge is 0.354 e. The number of rotatable bonds is 1. The normalized spacial score (nSPS) is 14.9. The van der Waals surface area contributed by atoms with Crippen LogP contribution in [0.1, 0.15) is 26.5 Å². The van der Waals surface area contributed by atoms with Crippen molar-refractivity contribution < 1.29 is 0 Å². The molecule has 0 aromatic carbocycles. The molecular formula is C11H18N4. The van der Waals surface area contributed by atoms with Crippen molar-refractivity contribution in [3.8, 4) is 0 Å². The van der Waals surface area contributed by atoms with Gasteiger partial charge in [-0.25, -0.2) is 4.98 Å². The first kappa shape index (κ1) is 10.2. The van der Waals surface area contributed by atoms with Crippen LogP contribution < -0.4 is 10.8 Å². The molecular weight excluding hydrogens is 188 g/mol. The van der Waals surface area contributed by atoms with Crippen LogP contribution >= 0.6 is 0 Å². The molecule has 0 atom stereocenters. The number of nitrogens with one attached hydrogen (secondary N) is 2. The third-order valence-corrected chi connectivity index (χ3v) is 2.43. The summed E-state index contributed by atoms with van der Waals surface area (Å²) in [5.74, 6) is 0.849. The monoisotopic (exact) mass is 206 g/mol. The Hall–Kier alpha value is -1.32. The third-order valence-electron chi connectivity index (χ3n) is 2.43. The van der Waals surface area contributed by atoms with E-state index < -0.39 is 0 Å². The first-order valence-electron chi connectivity index (χ1n) is 5.35. The number of hydrogen-bond acceptors (Lipinski definition) is 3. The first-order valence-corrected chi connectivity index (χ1v) is 5.35. The summed E-state index contributed by atoms with van der Waals surface area (Å²) in [5.41, 5.74) is 1.79. The van der Waals surface area contributed by atoms with Crippen molar-refractivity contribution in [1.82, 2.24) is 9.55 Å². The zero-order valence-electron chi connectivity index (χ0n) is 9.59. The third kappa shape index (κ3) is 2.19. The maximum Gasteiger partial charge on any atom is 0.204 e. The maximum absolute atomic E-state index is 7.88. The minimum atomic E-state index is 0.219. The van der Waals surface area contributed by atoms with E-state index in [-0.39, 0.29) is 5.41 Å². The van der Waals surface area contributed by atoms with Crippen molar-refractivity contribution in [2.24, 2.45) is 5.41 Å². The minimum absolute atomic E-state index is 0.219. The Labute approximate surface area is 89.9 Å². The van der Waals surface area contributed by atoms with Gasteiger partial charge in [-0.3, -0.25) is 9.98 Å². The average molecular weight is 206 g/mol. The van der Waals surface area contributed by atoms with E-state index in [1.165, 1.54) is 0 Å². The number of fused-ring (bicyclic) bond motifs is 1. The molecule has 2 heterocycles. The van der Waals surface area contributed by atoms with Gasteiger partial charge in [-0.1, -0.05) is 20.8 Å². The van der Waals surface area contributed by atoms with Crippen LogP contribution in [0.25, 0.3) is 0 Å². The predicted molar refractivity (Wildman–Crippen MR) is 59.7 cm³/mol. The van der Waals surface area contributed by atoms with Crippen molar-refractivity contribution >= 4 is 5.95 Å². The van der Waals surface area contributed by atoms with Crippen LogP contribution in [-0.2, 0) is 13.0 Å². The highest BCUT2D eigenvalue weighted by atomic mass is 15.2. The SMILES string of the molecule is CC(C)(C)Cc1cc(=N)n2c(n1)NCC2. The van der Waals surface area contributed by atoms with E-state index in [1.807, 2.05) is 10.6 Å². The highest BCUT2D eigenvalue weighted by Gasteiger charge is 2.16. The summed E-state index contributed by atoms with van der Waals surface area (Å²) in [6, 6.07) is 1.88. The van der Waals surface area contributed by atoms with E-state index in [9.17, 15) is 0 Å². The van der Waals surface area contributed by atoms with E-state index in [0.29, 0.717) is 5.49 Å². The lowest BCUT2D eigenvalue weighted by Gasteiger charge is -2.17. The Kier molecular flexibility index (Phi) is 2.29. The van der Waals surface area contributed by atoms with Crippen LogP contribution in [0.15, 0.2) is 6.07 Å². The van der Waals surface area contributed by atoms with Gasteiger partial charge in [0, 0.05) is 24.8 Å². The van der Waals surface area contributed by atoms with Crippen molar-refractivity contribution in [2.75, 3.05) is 11.9 Å². The minimum Gasteiger partial charge on any atom is -0.354 e. The van der Waals surface area contributed by atoms with Crippen molar-refractivity contribution in [2.45, 2.75) is 33.7 Å². The summed E-state index contributed by atoms with van der Waals surface area (Å²) >= 11 is 0. The van der Waals surface area contributed by atoms with Gasteiger partial charge in [0.1, 0.15) is 5.49 Å². The zero-order valence-corrected chi connectivity index (χ0v) is 9.59. The van der Waals surface area contributed by atoms with E-state index >= 15 is 0 Å². The molecule has 0 saturated carbocycles. The van der Waals surface area contributed by atoms with Crippen molar-refractivity contribution in [3.63, 3.8) is 0 Å². The highest BCUT2D eigenvalue weighted by molar-refractivity contribution is 5.30. The molecule has 4 nitrogen and oxygen atoms in total. The fraction of sp³-hybridized carbons (Fsp3) is 0.636. The van der Waals surface area contributed by atoms with E-state index in [0.717, 1.165) is 31.2 Å². The molecule has 82 valence electrons. The maximum atomic E-state index is 7.88. The second-order valence-electron chi connectivity index (χ2n) is 5.27. The van der Waals surface area contributed by atoms with Gasteiger partial charge in [0.25, 0.3) is 0 Å². The Morgan fingerprint density at radius 1 is 1.53 bits per heavy atom. The molecule has 2 N–H and O–H groups in total. The van der Waals surface area contributed by atoms with Crippen LogP contribution in [0, 0.1) is 10.8 Å². The fourth-order valence-corrected chi connectivity index (χ4v) is 1.85.